The summed E-state index contributed by atoms with van der Waals surface area (Å²) in [6.07, 6.45) is 5.20. The third-order valence-electron chi connectivity index (χ3n) is 3.70. The molecule has 0 radical (unpaired) electrons. The predicted octanol–water partition coefficient (Wildman–Crippen LogP) is 4.37. The van der Waals surface area contributed by atoms with Crippen molar-refractivity contribution >= 4 is 29.0 Å². The smallest absolute Gasteiger partial charge is 0.292 e. The largest absolute Gasteiger partial charge is 0.326 e. The minimum atomic E-state index is -0.356. The van der Waals surface area contributed by atoms with E-state index in [9.17, 15) is 4.79 Å². The molecule has 0 atom stereocenters. The molecule has 0 aliphatic rings. The zero-order valence-corrected chi connectivity index (χ0v) is 14.9. The Morgan fingerprint density at radius 1 is 1.00 bits per heavy atom. The number of aryl methyl sites for hydroxylation is 2. The van der Waals surface area contributed by atoms with E-state index in [4.69, 9.17) is 0 Å². The minimum Gasteiger partial charge on any atom is -0.292 e. The second-order valence-corrected chi connectivity index (χ2v) is 6.22. The Morgan fingerprint density at radius 3 is 2.48 bits per heavy atom. The van der Waals surface area contributed by atoms with E-state index >= 15 is 0 Å². The SMILES string of the molecule is CCc1ccc(NC(=O)Nc2csc(-c3ccncc3)n2)nc1CC. The van der Waals surface area contributed by atoms with Crippen molar-refractivity contribution in [3.8, 4) is 10.6 Å². The Bertz CT molecular complexity index is 863. The van der Waals surface area contributed by atoms with Crippen molar-refractivity contribution in [1.29, 1.82) is 0 Å². The molecule has 0 unspecified atom stereocenters. The molecule has 3 aromatic heterocycles. The maximum atomic E-state index is 12.2. The summed E-state index contributed by atoms with van der Waals surface area (Å²) in [7, 11) is 0. The van der Waals surface area contributed by atoms with E-state index in [1.165, 1.54) is 16.9 Å². The highest BCUT2D eigenvalue weighted by Gasteiger charge is 2.10. The van der Waals surface area contributed by atoms with Crippen LogP contribution in [-0.4, -0.2) is 21.0 Å². The van der Waals surface area contributed by atoms with Crippen LogP contribution in [0.1, 0.15) is 25.1 Å². The van der Waals surface area contributed by atoms with Crippen molar-refractivity contribution in [2.45, 2.75) is 26.7 Å². The van der Waals surface area contributed by atoms with Crippen molar-refractivity contribution in [1.82, 2.24) is 15.0 Å². The number of anilines is 2. The van der Waals surface area contributed by atoms with Gasteiger partial charge in [-0.3, -0.25) is 15.6 Å². The Labute approximate surface area is 150 Å². The van der Waals surface area contributed by atoms with Crippen LogP contribution in [0.15, 0.2) is 42.0 Å². The number of aromatic nitrogens is 3. The molecule has 7 heteroatoms. The summed E-state index contributed by atoms with van der Waals surface area (Å²) in [4.78, 5) is 25.1. The third kappa shape index (κ3) is 4.19. The van der Waals surface area contributed by atoms with Crippen molar-refractivity contribution in [3.05, 3.63) is 53.3 Å². The molecule has 25 heavy (non-hydrogen) atoms. The summed E-state index contributed by atoms with van der Waals surface area (Å²) in [5.74, 6) is 1.05. The molecule has 128 valence electrons. The molecule has 0 aliphatic carbocycles. The number of hydrogen-bond donors (Lipinski definition) is 2. The van der Waals surface area contributed by atoms with Crippen LogP contribution in [0.25, 0.3) is 10.6 Å². The van der Waals surface area contributed by atoms with E-state index < -0.39 is 0 Å². The molecule has 0 saturated heterocycles. The fourth-order valence-electron chi connectivity index (χ4n) is 2.45. The van der Waals surface area contributed by atoms with E-state index in [1.54, 1.807) is 17.8 Å². The second kappa shape index (κ2) is 7.85. The highest BCUT2D eigenvalue weighted by Crippen LogP contribution is 2.25. The Hall–Kier alpha value is -2.80. The number of pyridine rings is 2. The highest BCUT2D eigenvalue weighted by molar-refractivity contribution is 7.13. The summed E-state index contributed by atoms with van der Waals surface area (Å²) >= 11 is 1.46. The number of urea groups is 1. The first kappa shape index (κ1) is 17.0. The second-order valence-electron chi connectivity index (χ2n) is 5.36. The van der Waals surface area contributed by atoms with Gasteiger partial charge < -0.3 is 0 Å². The van der Waals surface area contributed by atoms with E-state index in [-0.39, 0.29) is 6.03 Å². The van der Waals surface area contributed by atoms with E-state index in [2.05, 4.69) is 39.4 Å². The number of amides is 2. The van der Waals surface area contributed by atoms with Gasteiger partial charge in [-0.1, -0.05) is 19.9 Å². The molecule has 2 amide bonds. The van der Waals surface area contributed by atoms with Gasteiger partial charge in [-0.25, -0.2) is 14.8 Å². The molecule has 2 N–H and O–H groups in total. The molecular weight excluding hydrogens is 334 g/mol. The van der Waals surface area contributed by atoms with Gasteiger partial charge in [-0.15, -0.1) is 11.3 Å². The zero-order chi connectivity index (χ0) is 17.6. The van der Waals surface area contributed by atoms with Crippen LogP contribution >= 0.6 is 11.3 Å². The van der Waals surface area contributed by atoms with Gasteiger partial charge in [0.05, 0.1) is 0 Å². The lowest BCUT2D eigenvalue weighted by atomic mass is 10.1. The summed E-state index contributed by atoms with van der Waals surface area (Å²) in [6.45, 7) is 4.15. The fourth-order valence-corrected chi connectivity index (χ4v) is 3.21. The Morgan fingerprint density at radius 2 is 1.76 bits per heavy atom. The predicted molar refractivity (Wildman–Crippen MR) is 101 cm³/mol. The fraction of sp³-hybridized carbons (Fsp3) is 0.222. The Kier molecular flexibility index (Phi) is 5.35. The maximum Gasteiger partial charge on any atom is 0.326 e. The molecule has 0 bridgehead atoms. The van der Waals surface area contributed by atoms with E-state index in [0.29, 0.717) is 11.6 Å². The zero-order valence-electron chi connectivity index (χ0n) is 14.1. The average molecular weight is 353 g/mol. The van der Waals surface area contributed by atoms with Gasteiger partial charge in [-0.2, -0.15) is 0 Å². The number of carbonyl (C=O) groups is 1. The van der Waals surface area contributed by atoms with Gasteiger partial charge in [0.25, 0.3) is 0 Å². The highest BCUT2D eigenvalue weighted by atomic mass is 32.1. The third-order valence-corrected chi connectivity index (χ3v) is 4.59. The lowest BCUT2D eigenvalue weighted by molar-refractivity contribution is 0.262. The summed E-state index contributed by atoms with van der Waals surface area (Å²) < 4.78 is 0. The van der Waals surface area contributed by atoms with Crippen LogP contribution in [-0.2, 0) is 12.8 Å². The Balaban J connectivity index is 1.66. The maximum absolute atomic E-state index is 12.2. The van der Waals surface area contributed by atoms with E-state index in [0.717, 1.165) is 29.1 Å². The standard InChI is InChI=1S/C18H19N5OS/c1-3-12-5-6-15(20-14(12)4-2)22-18(24)23-16-11-25-17(21-16)13-7-9-19-10-8-13/h5-11H,3-4H2,1-2H3,(H2,20,22,23,24). The van der Waals surface area contributed by atoms with E-state index in [1.807, 2.05) is 24.3 Å². The van der Waals surface area contributed by atoms with Gasteiger partial charge in [0.2, 0.25) is 0 Å². The first-order valence-corrected chi connectivity index (χ1v) is 9.00. The first-order chi connectivity index (χ1) is 12.2. The molecule has 3 heterocycles. The van der Waals surface area contributed by atoms with Crippen LogP contribution in [0, 0.1) is 0 Å². The summed E-state index contributed by atoms with van der Waals surface area (Å²) in [5.41, 5.74) is 3.18. The molecule has 0 saturated carbocycles. The normalized spacial score (nSPS) is 10.5. The van der Waals surface area contributed by atoms with Gasteiger partial charge >= 0.3 is 6.03 Å². The molecule has 6 nitrogen and oxygen atoms in total. The number of hydrogen-bond acceptors (Lipinski definition) is 5. The topological polar surface area (TPSA) is 79.8 Å². The van der Waals surface area contributed by atoms with Gasteiger partial charge in [0.15, 0.2) is 0 Å². The molecular formula is C18H19N5OS. The lowest BCUT2D eigenvalue weighted by Gasteiger charge is -2.09. The summed E-state index contributed by atoms with van der Waals surface area (Å²) in [5, 5.41) is 8.14. The van der Waals surface area contributed by atoms with Crippen molar-refractivity contribution in [3.63, 3.8) is 0 Å². The first-order valence-electron chi connectivity index (χ1n) is 8.12. The average Bonchev–Trinajstić information content (AvgIpc) is 3.10. The summed E-state index contributed by atoms with van der Waals surface area (Å²) in [6, 6.07) is 7.24. The number of carbonyl (C=O) groups excluding carboxylic acids is 1. The van der Waals surface area contributed by atoms with Crippen LogP contribution in [0.2, 0.25) is 0 Å². The molecule has 3 rings (SSSR count). The minimum absolute atomic E-state index is 0.356. The molecule has 0 aliphatic heterocycles. The lowest BCUT2D eigenvalue weighted by Crippen LogP contribution is -2.20. The van der Waals surface area contributed by atoms with Gasteiger partial charge in [-0.05, 0) is 36.6 Å². The molecule has 3 aromatic rings. The number of nitrogens with one attached hydrogen (secondary N) is 2. The van der Waals surface area contributed by atoms with Gasteiger partial charge in [0.1, 0.15) is 16.6 Å². The monoisotopic (exact) mass is 353 g/mol. The van der Waals surface area contributed by atoms with Crippen molar-refractivity contribution in [2.24, 2.45) is 0 Å². The number of nitrogens with zero attached hydrogens (tertiary/aromatic N) is 3. The molecule has 0 spiro atoms. The molecule has 0 fully saturated rings. The molecule has 0 aromatic carbocycles. The number of rotatable bonds is 5. The van der Waals surface area contributed by atoms with Crippen LogP contribution in [0.4, 0.5) is 16.4 Å². The number of thiazole rings is 1. The van der Waals surface area contributed by atoms with Crippen LogP contribution < -0.4 is 10.6 Å². The quantitative estimate of drug-likeness (QED) is 0.714. The van der Waals surface area contributed by atoms with Gasteiger partial charge in [0, 0.05) is 29.0 Å². The van der Waals surface area contributed by atoms with Crippen molar-refractivity contribution < 1.29 is 4.79 Å². The van der Waals surface area contributed by atoms with Crippen LogP contribution in [0.3, 0.4) is 0 Å². The van der Waals surface area contributed by atoms with Crippen molar-refractivity contribution in [2.75, 3.05) is 10.6 Å². The van der Waals surface area contributed by atoms with Crippen LogP contribution in [0.5, 0.6) is 0 Å².